The number of carbonyl (C=O) groups is 2. The molecule has 0 bridgehead atoms. The lowest BCUT2D eigenvalue weighted by molar-refractivity contribution is -0.147. The van der Waals surface area contributed by atoms with Crippen molar-refractivity contribution in [2.45, 2.75) is 161 Å². The molecular weight excluding hydrogens is 464 g/mol. The van der Waals surface area contributed by atoms with Gasteiger partial charge in [-0.05, 0) is 26.2 Å². The van der Waals surface area contributed by atoms with Gasteiger partial charge in [-0.25, -0.2) is 4.79 Å². The molecule has 0 aliphatic carbocycles. The second kappa shape index (κ2) is 27.3. The van der Waals surface area contributed by atoms with Crippen LogP contribution >= 0.6 is 0 Å². The molecule has 5 N–H and O–H groups in total. The monoisotopic (exact) mass is 524 g/mol. The Bertz CT molecular complexity index is 565. The summed E-state index contributed by atoms with van der Waals surface area (Å²) in [7, 11) is 0. The van der Waals surface area contributed by atoms with Crippen LogP contribution in [0.2, 0.25) is 0 Å². The average molecular weight is 525 g/mol. The number of hydrogen-bond donors (Lipinski definition) is 3. The number of unbranched alkanes of at least 4 members (excludes halogenated alkanes) is 18. The van der Waals surface area contributed by atoms with Crippen LogP contribution in [0.25, 0.3) is 0 Å². The van der Waals surface area contributed by atoms with Gasteiger partial charge in [-0.3, -0.25) is 9.79 Å². The molecule has 0 aromatic rings. The van der Waals surface area contributed by atoms with Crippen LogP contribution < -0.4 is 16.8 Å². The Kier molecular flexibility index (Phi) is 25.9. The molecule has 0 spiro atoms. The summed E-state index contributed by atoms with van der Waals surface area (Å²) >= 11 is 0. The number of ether oxygens (including phenoxy) is 1. The van der Waals surface area contributed by atoms with Gasteiger partial charge in [0.2, 0.25) is 5.91 Å². The summed E-state index contributed by atoms with van der Waals surface area (Å²) in [6.07, 6.45) is 26.8. The van der Waals surface area contributed by atoms with Gasteiger partial charge in [-0.15, -0.1) is 0 Å². The first-order valence-corrected chi connectivity index (χ1v) is 15.5. The Morgan fingerprint density at radius 1 is 0.676 bits per heavy atom. The predicted octanol–water partition coefficient (Wildman–Crippen LogP) is 6.91. The highest BCUT2D eigenvalue weighted by Crippen LogP contribution is 2.15. The topological polar surface area (TPSA) is 120 Å². The van der Waals surface area contributed by atoms with E-state index in [0.717, 1.165) is 12.8 Å². The minimum atomic E-state index is -0.637. The van der Waals surface area contributed by atoms with Crippen molar-refractivity contribution in [2.24, 2.45) is 16.5 Å². The third-order valence-electron chi connectivity index (χ3n) is 6.86. The van der Waals surface area contributed by atoms with Crippen LogP contribution in [-0.2, 0) is 14.3 Å². The summed E-state index contributed by atoms with van der Waals surface area (Å²) in [6.45, 7) is 4.75. The van der Waals surface area contributed by atoms with Gasteiger partial charge in [-0.1, -0.05) is 122 Å². The molecule has 0 saturated heterocycles. The number of esters is 1. The van der Waals surface area contributed by atoms with Crippen molar-refractivity contribution in [3.05, 3.63) is 0 Å². The third-order valence-corrected chi connectivity index (χ3v) is 6.86. The third kappa shape index (κ3) is 25.6. The molecule has 7 nitrogen and oxygen atoms in total. The smallest absolute Gasteiger partial charge is 0.328 e. The number of nitrogens with zero attached hydrogens (tertiary/aromatic N) is 1. The average Bonchev–Trinajstić information content (AvgIpc) is 2.87. The summed E-state index contributed by atoms with van der Waals surface area (Å²) < 4.78 is 5.09. The standard InChI is InChI=1S/C30H60N4O3/c1-3-5-6-7-8-9-10-11-12-13-14-15-16-17-18-19-20-21-22-25-28(35)34-27(29(36)37-4-2)24-23-26-33-30(31)32/h27H,3-26H2,1-2H3,(H,34,35)(H4,31,32,33)/t27-/m0/s1. The molecule has 0 aromatic carbocycles. The van der Waals surface area contributed by atoms with Crippen molar-refractivity contribution in [3.8, 4) is 0 Å². The number of aliphatic imine (C=N–C) groups is 1. The minimum Gasteiger partial charge on any atom is -0.464 e. The number of guanidine groups is 1. The van der Waals surface area contributed by atoms with Gasteiger partial charge >= 0.3 is 5.97 Å². The van der Waals surface area contributed by atoms with Crippen LogP contribution in [0.15, 0.2) is 4.99 Å². The molecule has 0 radical (unpaired) electrons. The molecule has 0 rings (SSSR count). The van der Waals surface area contributed by atoms with Crippen LogP contribution in [0.3, 0.4) is 0 Å². The van der Waals surface area contributed by atoms with Crippen molar-refractivity contribution in [1.82, 2.24) is 5.32 Å². The Labute approximate surface area is 228 Å². The first kappa shape index (κ1) is 35.2. The van der Waals surface area contributed by atoms with E-state index >= 15 is 0 Å². The van der Waals surface area contributed by atoms with Crippen molar-refractivity contribution < 1.29 is 14.3 Å². The van der Waals surface area contributed by atoms with Crippen LogP contribution in [0.1, 0.15) is 155 Å². The Morgan fingerprint density at radius 2 is 1.11 bits per heavy atom. The van der Waals surface area contributed by atoms with Gasteiger partial charge in [-0.2, -0.15) is 0 Å². The molecule has 218 valence electrons. The maximum Gasteiger partial charge on any atom is 0.328 e. The van der Waals surface area contributed by atoms with Crippen molar-refractivity contribution in [2.75, 3.05) is 13.2 Å². The number of nitrogens with two attached hydrogens (primary N) is 2. The number of nitrogens with one attached hydrogen (secondary N) is 1. The molecule has 0 aliphatic rings. The first-order valence-electron chi connectivity index (χ1n) is 15.5. The molecule has 1 atom stereocenters. The maximum atomic E-state index is 12.3. The van der Waals surface area contributed by atoms with E-state index in [9.17, 15) is 9.59 Å². The normalized spacial score (nSPS) is 11.7. The van der Waals surface area contributed by atoms with Gasteiger partial charge in [0.25, 0.3) is 0 Å². The molecule has 0 unspecified atom stereocenters. The van der Waals surface area contributed by atoms with Crippen molar-refractivity contribution >= 4 is 17.8 Å². The Hall–Kier alpha value is -1.79. The van der Waals surface area contributed by atoms with E-state index in [0.29, 0.717) is 32.4 Å². The predicted molar refractivity (Wildman–Crippen MR) is 156 cm³/mol. The molecule has 0 saturated carbocycles. The summed E-state index contributed by atoms with van der Waals surface area (Å²) in [6, 6.07) is -0.637. The fraction of sp³-hybridized carbons (Fsp3) is 0.900. The number of carbonyl (C=O) groups excluding carboxylic acids is 2. The van der Waals surface area contributed by atoms with E-state index in [1.54, 1.807) is 6.92 Å². The SMILES string of the molecule is CCCCCCCCCCCCCCCCCCCCCC(=O)N[C@@H](CCCN=C(N)N)C(=O)OCC. The van der Waals surface area contributed by atoms with Crippen molar-refractivity contribution in [1.29, 1.82) is 0 Å². The molecular formula is C30H60N4O3. The number of rotatable bonds is 27. The zero-order valence-electron chi connectivity index (χ0n) is 24.4. The summed E-state index contributed by atoms with van der Waals surface area (Å²) in [5.41, 5.74) is 10.6. The van der Waals surface area contributed by atoms with E-state index in [2.05, 4.69) is 17.2 Å². The molecule has 37 heavy (non-hydrogen) atoms. The minimum absolute atomic E-state index is 0.0288. The number of hydrogen-bond acceptors (Lipinski definition) is 4. The van der Waals surface area contributed by atoms with E-state index in [4.69, 9.17) is 16.2 Å². The zero-order chi connectivity index (χ0) is 27.4. The van der Waals surface area contributed by atoms with E-state index in [-0.39, 0.29) is 11.9 Å². The maximum absolute atomic E-state index is 12.3. The van der Waals surface area contributed by atoms with E-state index in [1.165, 1.54) is 109 Å². The van der Waals surface area contributed by atoms with Crippen molar-refractivity contribution in [3.63, 3.8) is 0 Å². The van der Waals surface area contributed by atoms with Gasteiger partial charge in [0.1, 0.15) is 6.04 Å². The lowest BCUT2D eigenvalue weighted by Gasteiger charge is -2.17. The van der Waals surface area contributed by atoms with E-state index in [1.807, 2.05) is 0 Å². The molecule has 0 heterocycles. The first-order chi connectivity index (χ1) is 18.0. The molecule has 7 heteroatoms. The quantitative estimate of drug-likeness (QED) is 0.0467. The Morgan fingerprint density at radius 3 is 1.51 bits per heavy atom. The lowest BCUT2D eigenvalue weighted by Crippen LogP contribution is -2.42. The summed E-state index contributed by atoms with van der Waals surface area (Å²) in [4.78, 5) is 28.4. The van der Waals surface area contributed by atoms with Gasteiger partial charge in [0.05, 0.1) is 6.61 Å². The van der Waals surface area contributed by atoms with Crippen LogP contribution in [-0.4, -0.2) is 37.0 Å². The fourth-order valence-corrected chi connectivity index (χ4v) is 4.63. The highest BCUT2D eigenvalue weighted by Gasteiger charge is 2.21. The largest absolute Gasteiger partial charge is 0.464 e. The van der Waals surface area contributed by atoms with Gasteiger partial charge in [0.15, 0.2) is 5.96 Å². The summed E-state index contributed by atoms with van der Waals surface area (Å²) in [5, 5.41) is 2.82. The van der Waals surface area contributed by atoms with Gasteiger partial charge < -0.3 is 21.5 Å². The molecule has 0 fully saturated rings. The van der Waals surface area contributed by atoms with Crippen LogP contribution in [0, 0.1) is 0 Å². The zero-order valence-corrected chi connectivity index (χ0v) is 24.4. The summed E-state index contributed by atoms with van der Waals surface area (Å²) in [5.74, 6) is -0.457. The highest BCUT2D eigenvalue weighted by molar-refractivity contribution is 5.84. The van der Waals surface area contributed by atoms with Gasteiger partial charge in [0, 0.05) is 13.0 Å². The fourth-order valence-electron chi connectivity index (χ4n) is 4.63. The molecule has 0 aliphatic heterocycles. The second-order valence-corrected chi connectivity index (χ2v) is 10.4. The Balaban J connectivity index is 3.59. The van der Waals surface area contributed by atoms with Crippen LogP contribution in [0.4, 0.5) is 0 Å². The number of amides is 1. The van der Waals surface area contributed by atoms with Crippen LogP contribution in [0.5, 0.6) is 0 Å². The molecule has 1 amide bonds. The van der Waals surface area contributed by atoms with E-state index < -0.39 is 12.0 Å². The lowest BCUT2D eigenvalue weighted by atomic mass is 10.0. The highest BCUT2D eigenvalue weighted by atomic mass is 16.5. The second-order valence-electron chi connectivity index (χ2n) is 10.4. The molecule has 0 aromatic heterocycles.